The number of pyridine rings is 1. The number of rotatable bonds is 2. The normalized spacial score (nSPS) is 23.6. The second-order valence-electron chi connectivity index (χ2n) is 3.99. The fourth-order valence-electron chi connectivity index (χ4n) is 1.92. The molecule has 1 saturated heterocycles. The average molecular weight is 176 g/mol. The molecule has 0 aliphatic carbocycles. The van der Waals surface area contributed by atoms with E-state index in [1.807, 2.05) is 18.5 Å². The van der Waals surface area contributed by atoms with Gasteiger partial charge in [0.2, 0.25) is 0 Å². The highest BCUT2D eigenvalue weighted by Gasteiger charge is 2.18. The van der Waals surface area contributed by atoms with E-state index in [4.69, 9.17) is 0 Å². The zero-order valence-electron chi connectivity index (χ0n) is 8.11. The van der Waals surface area contributed by atoms with Crippen LogP contribution in [0.5, 0.6) is 0 Å². The van der Waals surface area contributed by atoms with Gasteiger partial charge in [-0.3, -0.25) is 9.88 Å². The molecule has 1 fully saturated rings. The Balaban J connectivity index is 1.92. The van der Waals surface area contributed by atoms with Gasteiger partial charge >= 0.3 is 0 Å². The summed E-state index contributed by atoms with van der Waals surface area (Å²) >= 11 is 0. The minimum Gasteiger partial charge on any atom is -0.299 e. The zero-order valence-corrected chi connectivity index (χ0v) is 8.11. The highest BCUT2D eigenvalue weighted by molar-refractivity contribution is 5.08. The summed E-state index contributed by atoms with van der Waals surface area (Å²) < 4.78 is 0. The molecule has 0 amide bonds. The number of hydrogen-bond acceptors (Lipinski definition) is 2. The molecule has 70 valence electrons. The molecule has 2 heterocycles. The summed E-state index contributed by atoms with van der Waals surface area (Å²) in [6.07, 6.45) is 5.14. The topological polar surface area (TPSA) is 16.1 Å². The molecule has 0 radical (unpaired) electrons. The van der Waals surface area contributed by atoms with E-state index in [0.717, 1.165) is 12.5 Å². The van der Waals surface area contributed by atoms with Crippen molar-refractivity contribution in [2.24, 2.45) is 5.92 Å². The minimum atomic E-state index is 0.872. The Bertz CT molecular complexity index is 258. The van der Waals surface area contributed by atoms with Crippen molar-refractivity contribution < 1.29 is 0 Å². The number of nitrogens with zero attached hydrogens (tertiary/aromatic N) is 2. The van der Waals surface area contributed by atoms with Crippen molar-refractivity contribution in [3.8, 4) is 0 Å². The van der Waals surface area contributed by atoms with E-state index in [-0.39, 0.29) is 0 Å². The first kappa shape index (κ1) is 8.70. The molecule has 0 aromatic carbocycles. The van der Waals surface area contributed by atoms with Crippen molar-refractivity contribution in [2.45, 2.75) is 19.9 Å². The number of likely N-dealkylation sites (tertiary alicyclic amines) is 1. The molecular weight excluding hydrogens is 160 g/mol. The zero-order chi connectivity index (χ0) is 9.10. The molecule has 0 saturated carbocycles. The van der Waals surface area contributed by atoms with E-state index in [2.05, 4.69) is 22.9 Å². The Hall–Kier alpha value is -0.890. The lowest BCUT2D eigenvalue weighted by Gasteiger charge is -2.14. The fourth-order valence-corrected chi connectivity index (χ4v) is 1.92. The molecule has 1 aliphatic heterocycles. The molecule has 1 unspecified atom stereocenters. The van der Waals surface area contributed by atoms with Gasteiger partial charge in [0.15, 0.2) is 0 Å². The van der Waals surface area contributed by atoms with Gasteiger partial charge in [0, 0.05) is 25.5 Å². The molecule has 1 atom stereocenters. The predicted molar refractivity (Wildman–Crippen MR) is 53.3 cm³/mol. The third-order valence-electron chi connectivity index (χ3n) is 2.64. The summed E-state index contributed by atoms with van der Waals surface area (Å²) in [6, 6.07) is 4.16. The van der Waals surface area contributed by atoms with Gasteiger partial charge in [-0.2, -0.15) is 0 Å². The molecule has 0 N–H and O–H groups in total. The standard InChI is InChI=1S/C11H16N2/c1-10-4-6-13(8-10)9-11-3-2-5-12-7-11/h2-3,5,7,10H,4,6,8-9H2,1H3. The van der Waals surface area contributed by atoms with Gasteiger partial charge < -0.3 is 0 Å². The van der Waals surface area contributed by atoms with E-state index in [1.54, 1.807) is 0 Å². The second kappa shape index (κ2) is 3.88. The number of hydrogen-bond donors (Lipinski definition) is 0. The summed E-state index contributed by atoms with van der Waals surface area (Å²) in [5.74, 6) is 0.872. The van der Waals surface area contributed by atoms with Gasteiger partial charge in [-0.05, 0) is 30.5 Å². The Kier molecular flexibility index (Phi) is 2.60. The van der Waals surface area contributed by atoms with E-state index in [1.165, 1.54) is 25.1 Å². The van der Waals surface area contributed by atoms with Crippen LogP contribution in [0.25, 0.3) is 0 Å². The van der Waals surface area contributed by atoms with Gasteiger partial charge in [-0.15, -0.1) is 0 Å². The van der Waals surface area contributed by atoms with Crippen LogP contribution in [-0.4, -0.2) is 23.0 Å². The van der Waals surface area contributed by atoms with Crippen molar-refractivity contribution in [3.63, 3.8) is 0 Å². The monoisotopic (exact) mass is 176 g/mol. The maximum Gasteiger partial charge on any atom is 0.0312 e. The molecule has 2 rings (SSSR count). The molecule has 13 heavy (non-hydrogen) atoms. The smallest absolute Gasteiger partial charge is 0.0312 e. The first-order chi connectivity index (χ1) is 6.34. The lowest BCUT2D eigenvalue weighted by atomic mass is 10.2. The highest BCUT2D eigenvalue weighted by Crippen LogP contribution is 2.16. The van der Waals surface area contributed by atoms with E-state index < -0.39 is 0 Å². The van der Waals surface area contributed by atoms with Crippen LogP contribution in [-0.2, 0) is 6.54 Å². The first-order valence-electron chi connectivity index (χ1n) is 4.96. The first-order valence-corrected chi connectivity index (χ1v) is 4.96. The summed E-state index contributed by atoms with van der Waals surface area (Å²) in [4.78, 5) is 6.62. The Morgan fingerprint density at radius 2 is 2.54 bits per heavy atom. The molecule has 2 heteroatoms. The van der Waals surface area contributed by atoms with Gasteiger partial charge in [-0.1, -0.05) is 13.0 Å². The summed E-state index contributed by atoms with van der Waals surface area (Å²) in [7, 11) is 0. The van der Waals surface area contributed by atoms with Crippen LogP contribution in [0.4, 0.5) is 0 Å². The molecular formula is C11H16N2. The highest BCUT2D eigenvalue weighted by atomic mass is 15.1. The van der Waals surface area contributed by atoms with Crippen molar-refractivity contribution in [3.05, 3.63) is 30.1 Å². The third kappa shape index (κ3) is 2.28. The maximum atomic E-state index is 4.12. The van der Waals surface area contributed by atoms with Crippen LogP contribution >= 0.6 is 0 Å². The van der Waals surface area contributed by atoms with Crippen LogP contribution in [0, 0.1) is 5.92 Å². The summed E-state index contributed by atoms with van der Waals surface area (Å²) in [6.45, 7) is 5.88. The summed E-state index contributed by atoms with van der Waals surface area (Å²) in [5, 5.41) is 0. The molecule has 2 nitrogen and oxygen atoms in total. The molecule has 1 aliphatic rings. The van der Waals surface area contributed by atoms with Gasteiger partial charge in [0.25, 0.3) is 0 Å². The van der Waals surface area contributed by atoms with Crippen molar-refractivity contribution in [2.75, 3.05) is 13.1 Å². The Morgan fingerprint density at radius 1 is 1.62 bits per heavy atom. The molecule has 0 spiro atoms. The maximum absolute atomic E-state index is 4.12. The lowest BCUT2D eigenvalue weighted by Crippen LogP contribution is -2.19. The largest absolute Gasteiger partial charge is 0.299 e. The molecule has 0 bridgehead atoms. The average Bonchev–Trinajstić information content (AvgIpc) is 2.53. The molecule has 1 aromatic rings. The van der Waals surface area contributed by atoms with Crippen LogP contribution in [0.15, 0.2) is 24.5 Å². The lowest BCUT2D eigenvalue weighted by molar-refractivity contribution is 0.320. The van der Waals surface area contributed by atoms with Crippen molar-refractivity contribution in [1.29, 1.82) is 0 Å². The Labute approximate surface area is 79.6 Å². The van der Waals surface area contributed by atoms with Crippen LogP contribution in [0.3, 0.4) is 0 Å². The van der Waals surface area contributed by atoms with Gasteiger partial charge in [0.1, 0.15) is 0 Å². The molecule has 1 aromatic heterocycles. The SMILES string of the molecule is CC1CCN(Cc2cccnc2)C1. The van der Waals surface area contributed by atoms with Crippen LogP contribution in [0.1, 0.15) is 18.9 Å². The van der Waals surface area contributed by atoms with E-state index in [0.29, 0.717) is 0 Å². The van der Waals surface area contributed by atoms with Crippen molar-refractivity contribution in [1.82, 2.24) is 9.88 Å². The van der Waals surface area contributed by atoms with Crippen molar-refractivity contribution >= 4 is 0 Å². The van der Waals surface area contributed by atoms with Crippen LogP contribution < -0.4 is 0 Å². The summed E-state index contributed by atoms with van der Waals surface area (Å²) in [5.41, 5.74) is 1.33. The van der Waals surface area contributed by atoms with Crippen LogP contribution in [0.2, 0.25) is 0 Å². The van der Waals surface area contributed by atoms with Gasteiger partial charge in [0.05, 0.1) is 0 Å². The van der Waals surface area contributed by atoms with E-state index >= 15 is 0 Å². The predicted octanol–water partition coefficient (Wildman–Crippen LogP) is 1.92. The van der Waals surface area contributed by atoms with Gasteiger partial charge in [-0.25, -0.2) is 0 Å². The minimum absolute atomic E-state index is 0.872. The number of aromatic nitrogens is 1. The van der Waals surface area contributed by atoms with E-state index in [9.17, 15) is 0 Å². The fraction of sp³-hybridized carbons (Fsp3) is 0.545. The second-order valence-corrected chi connectivity index (χ2v) is 3.99. The quantitative estimate of drug-likeness (QED) is 0.684. The third-order valence-corrected chi connectivity index (χ3v) is 2.64. The Morgan fingerprint density at radius 3 is 3.15 bits per heavy atom.